The molecule has 1 fully saturated rings. The Balaban J connectivity index is 1.91. The molecule has 120 valence electrons. The van der Waals surface area contributed by atoms with Gasteiger partial charge < -0.3 is 4.98 Å². The smallest absolute Gasteiger partial charge is 0.211 e. The topological polar surface area (TPSA) is 91.8 Å². The van der Waals surface area contributed by atoms with Gasteiger partial charge in [0.25, 0.3) is 0 Å². The van der Waals surface area contributed by atoms with Crippen molar-refractivity contribution in [3.05, 3.63) is 30.0 Å². The van der Waals surface area contributed by atoms with Crippen LogP contribution in [0.2, 0.25) is 0 Å². The largest absolute Gasteiger partial charge is 0.346 e. The summed E-state index contributed by atoms with van der Waals surface area (Å²) in [5, 5.41) is 1.96. The number of rotatable bonds is 2. The molecule has 3 aromatic heterocycles. The first-order chi connectivity index (χ1) is 10.9. The Hall–Kier alpha value is -2.06. The van der Waals surface area contributed by atoms with Crippen molar-refractivity contribution in [2.75, 3.05) is 19.3 Å². The van der Waals surface area contributed by atoms with Crippen molar-refractivity contribution in [2.45, 2.75) is 19.3 Å². The zero-order valence-corrected chi connectivity index (χ0v) is 13.8. The molecular formula is C15H17N5O2S. The van der Waals surface area contributed by atoms with E-state index in [1.54, 1.807) is 6.20 Å². The van der Waals surface area contributed by atoms with E-state index in [2.05, 4.69) is 19.9 Å². The van der Waals surface area contributed by atoms with Gasteiger partial charge in [-0.2, -0.15) is 0 Å². The maximum atomic E-state index is 11.8. The molecule has 1 unspecified atom stereocenters. The quantitative estimate of drug-likeness (QED) is 0.769. The molecule has 0 saturated carbocycles. The Morgan fingerprint density at radius 1 is 1.35 bits per heavy atom. The molecule has 1 saturated heterocycles. The van der Waals surface area contributed by atoms with E-state index in [0.29, 0.717) is 18.9 Å². The van der Waals surface area contributed by atoms with Crippen molar-refractivity contribution in [2.24, 2.45) is 0 Å². The van der Waals surface area contributed by atoms with Crippen molar-refractivity contribution in [1.82, 2.24) is 24.2 Å². The number of fused-ring (bicyclic) bond motifs is 3. The van der Waals surface area contributed by atoms with Crippen LogP contribution in [0.3, 0.4) is 0 Å². The predicted octanol–water partition coefficient (Wildman–Crippen LogP) is 1.56. The number of hydrogen-bond acceptors (Lipinski definition) is 5. The number of aromatic nitrogens is 4. The molecule has 1 aliphatic rings. The summed E-state index contributed by atoms with van der Waals surface area (Å²) in [5.41, 5.74) is 2.52. The molecule has 0 bridgehead atoms. The number of H-pyrrole nitrogens is 1. The first kappa shape index (κ1) is 14.5. The highest BCUT2D eigenvalue weighted by Crippen LogP contribution is 2.34. The third-order valence-electron chi connectivity index (χ3n) is 4.39. The molecule has 0 aromatic carbocycles. The third-order valence-corrected chi connectivity index (χ3v) is 5.66. The Morgan fingerprint density at radius 3 is 2.91 bits per heavy atom. The van der Waals surface area contributed by atoms with Gasteiger partial charge in [0, 0.05) is 36.0 Å². The first-order valence-electron chi connectivity index (χ1n) is 7.49. The molecule has 1 aliphatic heterocycles. The van der Waals surface area contributed by atoms with Crippen LogP contribution in [0.5, 0.6) is 0 Å². The lowest BCUT2D eigenvalue weighted by molar-refractivity contribution is 0.478. The van der Waals surface area contributed by atoms with Gasteiger partial charge in [0.15, 0.2) is 0 Å². The van der Waals surface area contributed by atoms with Crippen molar-refractivity contribution in [3.63, 3.8) is 0 Å². The number of nitrogens with zero attached hydrogens (tertiary/aromatic N) is 4. The number of aromatic amines is 1. The van der Waals surface area contributed by atoms with E-state index in [9.17, 15) is 8.42 Å². The van der Waals surface area contributed by atoms with Crippen LogP contribution in [0.4, 0.5) is 0 Å². The summed E-state index contributed by atoms with van der Waals surface area (Å²) >= 11 is 0. The predicted molar refractivity (Wildman–Crippen MR) is 87.7 cm³/mol. The van der Waals surface area contributed by atoms with Crippen LogP contribution >= 0.6 is 0 Å². The minimum absolute atomic E-state index is 0.0782. The molecule has 0 aliphatic carbocycles. The van der Waals surface area contributed by atoms with Crippen LogP contribution in [0.25, 0.3) is 21.9 Å². The summed E-state index contributed by atoms with van der Waals surface area (Å²) in [4.78, 5) is 16.6. The SMILES string of the molecule is Cc1nc(C2CCN(S(C)(=O)=O)C2)c2c(cnc3[nH]ccc32)n1. The Morgan fingerprint density at radius 2 is 2.17 bits per heavy atom. The molecule has 1 N–H and O–H groups in total. The van der Waals surface area contributed by atoms with E-state index in [-0.39, 0.29) is 5.92 Å². The number of aryl methyl sites for hydroxylation is 1. The zero-order chi connectivity index (χ0) is 16.2. The summed E-state index contributed by atoms with van der Waals surface area (Å²) in [6.45, 7) is 2.86. The second-order valence-corrected chi connectivity index (χ2v) is 8.00. The molecule has 4 heterocycles. The monoisotopic (exact) mass is 331 g/mol. The first-order valence-corrected chi connectivity index (χ1v) is 9.34. The van der Waals surface area contributed by atoms with Crippen LogP contribution in [-0.2, 0) is 10.0 Å². The van der Waals surface area contributed by atoms with Crippen LogP contribution in [0.1, 0.15) is 23.9 Å². The molecule has 0 spiro atoms. The summed E-state index contributed by atoms with van der Waals surface area (Å²) in [6.07, 6.45) is 5.62. The third kappa shape index (κ3) is 2.38. The summed E-state index contributed by atoms with van der Waals surface area (Å²) in [5.74, 6) is 0.761. The molecule has 3 aromatic rings. The lowest BCUT2D eigenvalue weighted by Gasteiger charge is -2.15. The maximum Gasteiger partial charge on any atom is 0.211 e. The van der Waals surface area contributed by atoms with Gasteiger partial charge in [0.2, 0.25) is 10.0 Å². The average Bonchev–Trinajstić information content (AvgIpc) is 3.14. The van der Waals surface area contributed by atoms with Gasteiger partial charge in [0.1, 0.15) is 11.5 Å². The van der Waals surface area contributed by atoms with E-state index in [0.717, 1.165) is 34.1 Å². The molecule has 7 nitrogen and oxygen atoms in total. The van der Waals surface area contributed by atoms with E-state index < -0.39 is 10.0 Å². The van der Waals surface area contributed by atoms with E-state index in [1.165, 1.54) is 10.6 Å². The van der Waals surface area contributed by atoms with Crippen LogP contribution < -0.4 is 0 Å². The van der Waals surface area contributed by atoms with Crippen LogP contribution in [0, 0.1) is 6.92 Å². The van der Waals surface area contributed by atoms with Crippen LogP contribution in [0.15, 0.2) is 18.5 Å². The summed E-state index contributed by atoms with van der Waals surface area (Å²) in [6, 6.07) is 1.97. The standard InChI is InChI=1S/C15H17N5O2S/c1-9-18-12-7-17-15-11(3-5-16-15)13(12)14(19-9)10-4-6-20(8-10)23(2,21)22/h3,5,7,10H,4,6,8H2,1-2H3,(H,16,17). The fourth-order valence-corrected chi connectivity index (χ4v) is 4.22. The fourth-order valence-electron chi connectivity index (χ4n) is 3.33. The molecule has 4 rings (SSSR count). The molecule has 0 amide bonds. The minimum atomic E-state index is -3.17. The lowest BCUT2D eigenvalue weighted by Crippen LogP contribution is -2.27. The lowest BCUT2D eigenvalue weighted by atomic mass is 9.99. The highest BCUT2D eigenvalue weighted by Gasteiger charge is 2.32. The number of pyridine rings is 1. The Labute approximate surface area is 133 Å². The van der Waals surface area contributed by atoms with Crippen LogP contribution in [-0.4, -0.2) is 52.0 Å². The van der Waals surface area contributed by atoms with Gasteiger partial charge in [-0.05, 0) is 19.4 Å². The van der Waals surface area contributed by atoms with Gasteiger partial charge in [-0.15, -0.1) is 0 Å². The second kappa shape index (κ2) is 4.97. The zero-order valence-electron chi connectivity index (χ0n) is 12.9. The number of hydrogen-bond donors (Lipinski definition) is 1. The van der Waals surface area contributed by atoms with Gasteiger partial charge in [0.05, 0.1) is 23.7 Å². The van der Waals surface area contributed by atoms with Gasteiger partial charge >= 0.3 is 0 Å². The molecule has 8 heteroatoms. The van der Waals surface area contributed by atoms with Gasteiger partial charge in [-0.1, -0.05) is 0 Å². The minimum Gasteiger partial charge on any atom is -0.346 e. The van der Waals surface area contributed by atoms with E-state index in [1.807, 2.05) is 19.2 Å². The highest BCUT2D eigenvalue weighted by molar-refractivity contribution is 7.88. The maximum absolute atomic E-state index is 11.8. The molecule has 0 radical (unpaired) electrons. The number of nitrogens with one attached hydrogen (secondary N) is 1. The normalized spacial score (nSPS) is 19.8. The Kier molecular flexibility index (Phi) is 3.14. The van der Waals surface area contributed by atoms with E-state index in [4.69, 9.17) is 0 Å². The summed E-state index contributed by atoms with van der Waals surface area (Å²) < 4.78 is 25.1. The fraction of sp³-hybridized carbons (Fsp3) is 0.400. The summed E-state index contributed by atoms with van der Waals surface area (Å²) in [7, 11) is -3.17. The van der Waals surface area contributed by atoms with Gasteiger partial charge in [-0.25, -0.2) is 27.7 Å². The van der Waals surface area contributed by atoms with Crippen molar-refractivity contribution in [1.29, 1.82) is 0 Å². The molecule has 1 atom stereocenters. The molecule has 23 heavy (non-hydrogen) atoms. The van der Waals surface area contributed by atoms with Crippen molar-refractivity contribution < 1.29 is 8.42 Å². The molecular weight excluding hydrogens is 314 g/mol. The van der Waals surface area contributed by atoms with Crippen molar-refractivity contribution in [3.8, 4) is 0 Å². The average molecular weight is 331 g/mol. The van der Waals surface area contributed by atoms with Gasteiger partial charge in [-0.3, -0.25) is 0 Å². The van der Waals surface area contributed by atoms with E-state index >= 15 is 0 Å². The second-order valence-electron chi connectivity index (χ2n) is 6.02. The number of sulfonamides is 1. The highest BCUT2D eigenvalue weighted by atomic mass is 32.2. The Bertz CT molecular complexity index is 1010. The van der Waals surface area contributed by atoms with Crippen molar-refractivity contribution >= 4 is 32.0 Å².